The molecule has 0 spiro atoms. The smallest absolute Gasteiger partial charge is 0.410 e. The van der Waals surface area contributed by atoms with Crippen LogP contribution in [-0.2, 0) is 25.6 Å². The van der Waals surface area contributed by atoms with Crippen molar-refractivity contribution in [2.75, 3.05) is 6.79 Å². The number of alkyl carbamates (subject to hydrolysis) is 1. The molecule has 1 unspecified atom stereocenters. The highest BCUT2D eigenvalue weighted by molar-refractivity contribution is 6.30. The molecule has 8 heteroatoms. The second-order valence-electron chi connectivity index (χ2n) is 7.28. The molecular formula is C26H24ClNO6. The van der Waals surface area contributed by atoms with Gasteiger partial charge in [-0.05, 0) is 41.8 Å². The third-order valence-electron chi connectivity index (χ3n) is 4.83. The monoisotopic (exact) mass is 481 g/mol. The summed E-state index contributed by atoms with van der Waals surface area (Å²) in [5.41, 5.74) is 1.97. The summed E-state index contributed by atoms with van der Waals surface area (Å²) in [4.78, 5) is 36.5. The first-order chi connectivity index (χ1) is 16.5. The van der Waals surface area contributed by atoms with E-state index in [-0.39, 0.29) is 19.4 Å². The third-order valence-corrected chi connectivity index (χ3v) is 5.09. The number of rotatable bonds is 10. The lowest BCUT2D eigenvalue weighted by Crippen LogP contribution is -2.30. The Bertz CT molecular complexity index is 1070. The summed E-state index contributed by atoms with van der Waals surface area (Å²) in [6, 6.07) is 24.0. The van der Waals surface area contributed by atoms with Crippen LogP contribution in [0.3, 0.4) is 0 Å². The minimum absolute atomic E-state index is 0.0728. The first-order valence-electron chi connectivity index (χ1n) is 10.6. The molecule has 0 aliphatic rings. The van der Waals surface area contributed by atoms with E-state index < -0.39 is 30.9 Å². The van der Waals surface area contributed by atoms with Crippen LogP contribution >= 0.6 is 11.6 Å². The van der Waals surface area contributed by atoms with Crippen LogP contribution in [0.2, 0.25) is 5.02 Å². The Morgan fingerprint density at radius 1 is 0.794 bits per heavy atom. The van der Waals surface area contributed by atoms with E-state index in [4.69, 9.17) is 25.8 Å². The zero-order valence-corrected chi connectivity index (χ0v) is 19.1. The van der Waals surface area contributed by atoms with Gasteiger partial charge in [0.25, 0.3) is 0 Å². The normalized spacial score (nSPS) is 11.2. The second-order valence-corrected chi connectivity index (χ2v) is 7.72. The minimum Gasteiger partial charge on any atom is -0.461 e. The average Bonchev–Trinajstić information content (AvgIpc) is 2.87. The molecule has 0 saturated carbocycles. The number of hydrogen-bond acceptors (Lipinski definition) is 6. The van der Waals surface area contributed by atoms with Crippen LogP contribution < -0.4 is 5.32 Å². The van der Waals surface area contributed by atoms with Crippen molar-refractivity contribution < 1.29 is 28.6 Å². The van der Waals surface area contributed by atoms with Crippen LogP contribution in [0.4, 0.5) is 4.79 Å². The molecule has 0 radical (unpaired) electrons. The lowest BCUT2D eigenvalue weighted by molar-refractivity contribution is -0.145. The second kappa shape index (κ2) is 13.0. The van der Waals surface area contributed by atoms with E-state index in [0.717, 1.165) is 11.1 Å². The molecule has 0 aromatic heterocycles. The fourth-order valence-electron chi connectivity index (χ4n) is 3.07. The van der Waals surface area contributed by atoms with Crippen LogP contribution in [0, 0.1) is 0 Å². The predicted octanol–water partition coefficient (Wildman–Crippen LogP) is 5.45. The van der Waals surface area contributed by atoms with E-state index in [1.807, 2.05) is 30.3 Å². The number of benzene rings is 3. The van der Waals surface area contributed by atoms with Crippen molar-refractivity contribution in [3.05, 3.63) is 107 Å². The Balaban J connectivity index is 1.50. The molecule has 3 aromatic carbocycles. The maximum atomic E-state index is 12.3. The van der Waals surface area contributed by atoms with Gasteiger partial charge in [-0.25, -0.2) is 9.59 Å². The largest absolute Gasteiger partial charge is 0.461 e. The average molecular weight is 482 g/mol. The maximum Gasteiger partial charge on any atom is 0.410 e. The number of nitrogens with one attached hydrogen (secondary N) is 1. The van der Waals surface area contributed by atoms with Crippen molar-refractivity contribution in [1.82, 2.24) is 5.32 Å². The first-order valence-corrected chi connectivity index (χ1v) is 11.0. The molecule has 0 aliphatic heterocycles. The molecule has 1 amide bonds. The van der Waals surface area contributed by atoms with Gasteiger partial charge in [-0.1, -0.05) is 72.3 Å². The number of carbonyl (C=O) groups excluding carboxylic acids is 3. The molecular weight excluding hydrogens is 458 g/mol. The summed E-state index contributed by atoms with van der Waals surface area (Å²) >= 11 is 5.96. The van der Waals surface area contributed by atoms with Gasteiger partial charge in [-0.15, -0.1) is 0 Å². The van der Waals surface area contributed by atoms with Crippen LogP contribution in [0.25, 0.3) is 0 Å². The number of carbonyl (C=O) groups is 3. The Kier molecular flexibility index (Phi) is 9.49. The first kappa shape index (κ1) is 24.8. The van der Waals surface area contributed by atoms with E-state index in [0.29, 0.717) is 10.6 Å². The summed E-state index contributed by atoms with van der Waals surface area (Å²) in [6.45, 7) is -0.375. The predicted molar refractivity (Wildman–Crippen MR) is 126 cm³/mol. The van der Waals surface area contributed by atoms with Gasteiger partial charge in [0.2, 0.25) is 6.79 Å². The van der Waals surface area contributed by atoms with Crippen molar-refractivity contribution in [1.29, 1.82) is 0 Å². The number of hydrogen-bond donors (Lipinski definition) is 1. The molecule has 7 nitrogen and oxygen atoms in total. The molecule has 34 heavy (non-hydrogen) atoms. The molecule has 1 N–H and O–H groups in total. The molecule has 0 heterocycles. The molecule has 176 valence electrons. The van der Waals surface area contributed by atoms with E-state index in [1.54, 1.807) is 54.6 Å². The summed E-state index contributed by atoms with van der Waals surface area (Å²) in [5, 5.41) is 3.23. The SMILES string of the molecule is O=C(CCC(NC(=O)OCOC(=O)c1ccccc1)c1ccc(Cl)cc1)OCc1ccccc1. The molecule has 0 saturated heterocycles. The zero-order valence-electron chi connectivity index (χ0n) is 18.3. The van der Waals surface area contributed by atoms with Crippen LogP contribution in [0.15, 0.2) is 84.9 Å². The van der Waals surface area contributed by atoms with Crippen molar-refractivity contribution in [3.8, 4) is 0 Å². The summed E-state index contributed by atoms with van der Waals surface area (Å²) in [6.07, 6.45) is -0.448. The van der Waals surface area contributed by atoms with E-state index in [1.165, 1.54) is 0 Å². The van der Waals surface area contributed by atoms with E-state index >= 15 is 0 Å². The Morgan fingerprint density at radius 3 is 2.12 bits per heavy atom. The van der Waals surface area contributed by atoms with Crippen molar-refractivity contribution in [2.24, 2.45) is 0 Å². The summed E-state index contributed by atoms with van der Waals surface area (Å²) in [5.74, 6) is -1.00. The van der Waals surface area contributed by atoms with Gasteiger partial charge < -0.3 is 19.5 Å². The van der Waals surface area contributed by atoms with Gasteiger partial charge >= 0.3 is 18.0 Å². The van der Waals surface area contributed by atoms with Crippen LogP contribution in [0.1, 0.15) is 40.4 Å². The number of esters is 2. The molecule has 0 fully saturated rings. The third kappa shape index (κ3) is 8.26. The molecule has 1 atom stereocenters. The van der Waals surface area contributed by atoms with Gasteiger partial charge in [0.1, 0.15) is 6.61 Å². The van der Waals surface area contributed by atoms with Gasteiger partial charge in [-0.3, -0.25) is 4.79 Å². The summed E-state index contributed by atoms with van der Waals surface area (Å²) in [7, 11) is 0. The topological polar surface area (TPSA) is 90.9 Å². The highest BCUT2D eigenvalue weighted by atomic mass is 35.5. The van der Waals surface area contributed by atoms with Gasteiger partial charge in [0, 0.05) is 11.4 Å². The number of ether oxygens (including phenoxy) is 3. The fourth-order valence-corrected chi connectivity index (χ4v) is 3.19. The maximum absolute atomic E-state index is 12.3. The lowest BCUT2D eigenvalue weighted by atomic mass is 10.0. The molecule has 3 rings (SSSR count). The zero-order chi connectivity index (χ0) is 24.2. The Hall–Kier alpha value is -3.84. The minimum atomic E-state index is -0.793. The number of halogens is 1. The van der Waals surface area contributed by atoms with Crippen molar-refractivity contribution in [3.63, 3.8) is 0 Å². The van der Waals surface area contributed by atoms with Crippen LogP contribution in [-0.4, -0.2) is 24.8 Å². The summed E-state index contributed by atoms with van der Waals surface area (Å²) < 4.78 is 15.3. The van der Waals surface area contributed by atoms with Gasteiger partial charge in [-0.2, -0.15) is 0 Å². The van der Waals surface area contributed by atoms with E-state index in [9.17, 15) is 14.4 Å². The highest BCUT2D eigenvalue weighted by Crippen LogP contribution is 2.21. The lowest BCUT2D eigenvalue weighted by Gasteiger charge is -2.19. The van der Waals surface area contributed by atoms with Gasteiger partial charge in [0.05, 0.1) is 11.6 Å². The Labute approximate surface area is 202 Å². The van der Waals surface area contributed by atoms with Crippen molar-refractivity contribution in [2.45, 2.75) is 25.5 Å². The Morgan fingerprint density at radius 2 is 1.44 bits per heavy atom. The fraction of sp³-hybridized carbons (Fsp3) is 0.192. The van der Waals surface area contributed by atoms with E-state index in [2.05, 4.69) is 5.32 Å². The van der Waals surface area contributed by atoms with Crippen LogP contribution in [0.5, 0.6) is 0 Å². The molecule has 0 bridgehead atoms. The number of amides is 1. The molecule has 0 aliphatic carbocycles. The molecule has 3 aromatic rings. The van der Waals surface area contributed by atoms with Crippen molar-refractivity contribution >= 4 is 29.6 Å². The standard InChI is InChI=1S/C26H24ClNO6/c27-22-13-11-20(12-14-22)23(15-16-24(29)32-17-19-7-3-1-4-8-19)28-26(31)34-18-33-25(30)21-9-5-2-6-10-21/h1-14,23H,15-18H2,(H,28,31). The highest BCUT2D eigenvalue weighted by Gasteiger charge is 2.18. The quantitative estimate of drug-likeness (QED) is 0.306. The van der Waals surface area contributed by atoms with Gasteiger partial charge in [0.15, 0.2) is 0 Å².